The number of carbonyl (C=O) groups is 1. The van der Waals surface area contributed by atoms with Crippen LogP contribution in [0.4, 0.5) is 11.6 Å². The van der Waals surface area contributed by atoms with E-state index in [9.17, 15) is 13.2 Å². The number of amides is 1. The summed E-state index contributed by atoms with van der Waals surface area (Å²) >= 11 is 6.32. The lowest BCUT2D eigenvalue weighted by molar-refractivity contribution is 0.0962. The van der Waals surface area contributed by atoms with E-state index in [1.165, 1.54) is 37.4 Å². The largest absolute Gasteiger partial charge is 0.437 e. The third kappa shape index (κ3) is 5.82. The number of anilines is 2. The lowest BCUT2D eigenvalue weighted by atomic mass is 10.00. The first-order chi connectivity index (χ1) is 17.6. The van der Waals surface area contributed by atoms with Crippen molar-refractivity contribution < 1.29 is 17.9 Å². The first kappa shape index (κ1) is 25.9. The lowest BCUT2D eigenvalue weighted by Gasteiger charge is -2.14. The second-order valence-corrected chi connectivity index (χ2v) is 10.3. The average molecular weight is 538 g/mol. The van der Waals surface area contributed by atoms with Gasteiger partial charge >= 0.3 is 0 Å². The SMILES string of the molecule is CNC(=O)c1ccc(Cl)c(Oc2cc(-c3c(C)cccc3C)nc(NS(=O)(=O)c3cccc(N)c3)n2)c1. The quantitative estimate of drug-likeness (QED) is 0.284. The molecule has 0 unspecified atom stereocenters. The van der Waals surface area contributed by atoms with Crippen molar-refractivity contribution in [3.8, 4) is 22.9 Å². The Labute approximate surface area is 219 Å². The van der Waals surface area contributed by atoms with Crippen molar-refractivity contribution >= 4 is 39.2 Å². The number of rotatable bonds is 7. The second kappa shape index (κ2) is 10.5. The van der Waals surface area contributed by atoms with Crippen LogP contribution in [0.3, 0.4) is 0 Å². The van der Waals surface area contributed by atoms with E-state index in [1.807, 2.05) is 32.0 Å². The van der Waals surface area contributed by atoms with Crippen molar-refractivity contribution in [1.82, 2.24) is 15.3 Å². The van der Waals surface area contributed by atoms with Gasteiger partial charge in [0.25, 0.3) is 15.9 Å². The fourth-order valence-corrected chi connectivity index (χ4v) is 4.86. The number of sulfonamides is 1. The van der Waals surface area contributed by atoms with Crippen molar-refractivity contribution in [2.24, 2.45) is 0 Å². The van der Waals surface area contributed by atoms with Crippen LogP contribution in [0.15, 0.2) is 71.6 Å². The Hall–Kier alpha value is -4.15. The van der Waals surface area contributed by atoms with Crippen LogP contribution < -0.4 is 20.5 Å². The molecule has 0 fully saturated rings. The molecule has 1 amide bonds. The van der Waals surface area contributed by atoms with Crippen LogP contribution >= 0.6 is 11.6 Å². The van der Waals surface area contributed by atoms with Gasteiger partial charge in [0.2, 0.25) is 11.8 Å². The van der Waals surface area contributed by atoms with Crippen molar-refractivity contribution in [2.45, 2.75) is 18.7 Å². The van der Waals surface area contributed by atoms with Crippen LogP contribution in [0.2, 0.25) is 5.02 Å². The van der Waals surface area contributed by atoms with Crippen LogP contribution in [-0.2, 0) is 10.0 Å². The van der Waals surface area contributed by atoms with Crippen LogP contribution in [0.25, 0.3) is 11.3 Å². The molecule has 0 aliphatic rings. The minimum Gasteiger partial charge on any atom is -0.437 e. The molecular formula is C26H24ClN5O4S. The number of hydrogen-bond donors (Lipinski definition) is 3. The molecule has 9 nitrogen and oxygen atoms in total. The fraction of sp³-hybridized carbons (Fsp3) is 0.115. The molecule has 190 valence electrons. The van der Waals surface area contributed by atoms with Crippen molar-refractivity contribution in [3.63, 3.8) is 0 Å². The van der Waals surface area contributed by atoms with E-state index in [0.717, 1.165) is 16.7 Å². The number of aromatic nitrogens is 2. The number of carbonyl (C=O) groups excluding carboxylic acids is 1. The number of nitrogens with one attached hydrogen (secondary N) is 2. The molecule has 4 aromatic rings. The molecule has 0 radical (unpaired) electrons. The third-order valence-corrected chi connectivity index (χ3v) is 7.11. The molecule has 11 heteroatoms. The molecule has 0 saturated carbocycles. The standard InChI is InChI=1S/C26H24ClN5O4S/c1-15-6-4-7-16(2)24(15)21-14-23(36-22-12-17(25(33)29-3)10-11-20(22)27)31-26(30-21)32-37(34,35)19-9-5-8-18(28)13-19/h4-14H,28H2,1-3H3,(H,29,33)(H,30,31,32). The number of ether oxygens (including phenoxy) is 1. The minimum absolute atomic E-state index is 0.0221. The maximum Gasteiger partial charge on any atom is 0.264 e. The van der Waals surface area contributed by atoms with Gasteiger partial charge in [-0.25, -0.2) is 18.1 Å². The molecule has 4 N–H and O–H groups in total. The van der Waals surface area contributed by atoms with Crippen molar-refractivity contribution in [2.75, 3.05) is 17.5 Å². The Kier molecular flexibility index (Phi) is 7.33. The number of halogens is 1. The summed E-state index contributed by atoms with van der Waals surface area (Å²) in [6.07, 6.45) is 0. The highest BCUT2D eigenvalue weighted by Crippen LogP contribution is 2.34. The van der Waals surface area contributed by atoms with E-state index >= 15 is 0 Å². The zero-order chi connectivity index (χ0) is 26.7. The van der Waals surface area contributed by atoms with Crippen LogP contribution in [0.5, 0.6) is 11.6 Å². The Morgan fingerprint density at radius 2 is 1.68 bits per heavy atom. The number of benzene rings is 3. The number of nitrogen functional groups attached to an aromatic ring is 1. The molecule has 0 atom stereocenters. The maximum absolute atomic E-state index is 13.1. The summed E-state index contributed by atoms with van der Waals surface area (Å²) < 4.78 is 34.5. The van der Waals surface area contributed by atoms with E-state index in [-0.39, 0.29) is 33.4 Å². The summed E-state index contributed by atoms with van der Waals surface area (Å²) in [4.78, 5) is 20.8. The minimum atomic E-state index is -4.06. The molecule has 0 spiro atoms. The number of aryl methyl sites for hydroxylation is 2. The van der Waals surface area contributed by atoms with Gasteiger partial charge in [0, 0.05) is 29.9 Å². The molecular weight excluding hydrogens is 514 g/mol. The Morgan fingerprint density at radius 3 is 2.35 bits per heavy atom. The highest BCUT2D eigenvalue weighted by molar-refractivity contribution is 7.92. The monoisotopic (exact) mass is 537 g/mol. The van der Waals surface area contributed by atoms with Gasteiger partial charge in [-0.2, -0.15) is 4.98 Å². The first-order valence-electron chi connectivity index (χ1n) is 11.1. The number of nitrogens with zero attached hydrogens (tertiary/aromatic N) is 2. The normalized spacial score (nSPS) is 11.1. The topological polar surface area (TPSA) is 136 Å². The zero-order valence-electron chi connectivity index (χ0n) is 20.2. The summed E-state index contributed by atoms with van der Waals surface area (Å²) in [7, 11) is -2.55. The molecule has 0 aliphatic heterocycles. The molecule has 37 heavy (non-hydrogen) atoms. The number of nitrogens with two attached hydrogens (primary N) is 1. The maximum atomic E-state index is 13.1. The van der Waals surface area contributed by atoms with Gasteiger partial charge in [-0.1, -0.05) is 35.9 Å². The van der Waals surface area contributed by atoms with E-state index in [4.69, 9.17) is 22.1 Å². The smallest absolute Gasteiger partial charge is 0.264 e. The molecule has 4 rings (SSSR count). The van der Waals surface area contributed by atoms with Gasteiger partial charge in [-0.15, -0.1) is 0 Å². The van der Waals surface area contributed by atoms with Gasteiger partial charge in [0.15, 0.2) is 0 Å². The molecule has 1 aromatic heterocycles. The van der Waals surface area contributed by atoms with Crippen LogP contribution in [0, 0.1) is 13.8 Å². The summed E-state index contributed by atoms with van der Waals surface area (Å²) in [5.74, 6) is -0.348. The highest BCUT2D eigenvalue weighted by Gasteiger charge is 2.20. The molecule has 0 bridgehead atoms. The molecule has 3 aromatic carbocycles. The predicted molar refractivity (Wildman–Crippen MR) is 144 cm³/mol. The van der Waals surface area contributed by atoms with Crippen molar-refractivity contribution in [3.05, 3.63) is 88.4 Å². The van der Waals surface area contributed by atoms with Gasteiger partial charge in [-0.05, 0) is 61.4 Å². The van der Waals surface area contributed by atoms with E-state index in [0.29, 0.717) is 16.9 Å². The summed E-state index contributed by atoms with van der Waals surface area (Å²) in [6, 6.07) is 17.8. The Bertz CT molecular complexity index is 1590. The predicted octanol–water partition coefficient (Wildman–Crippen LogP) is 4.95. The third-order valence-electron chi connectivity index (χ3n) is 5.47. The average Bonchev–Trinajstić information content (AvgIpc) is 2.84. The first-order valence-corrected chi connectivity index (χ1v) is 13.0. The molecule has 1 heterocycles. The summed E-state index contributed by atoms with van der Waals surface area (Å²) in [5.41, 5.74) is 9.47. The van der Waals surface area contributed by atoms with Crippen LogP contribution in [-0.4, -0.2) is 31.3 Å². The number of hydrogen-bond acceptors (Lipinski definition) is 7. The lowest BCUT2D eigenvalue weighted by Crippen LogP contribution is -2.17. The van der Waals surface area contributed by atoms with Gasteiger partial charge in [-0.3, -0.25) is 4.79 Å². The van der Waals surface area contributed by atoms with Gasteiger partial charge in [0.05, 0.1) is 15.6 Å². The van der Waals surface area contributed by atoms with Gasteiger partial charge in [0.1, 0.15) is 5.75 Å². The Balaban J connectivity index is 1.82. The van der Waals surface area contributed by atoms with E-state index < -0.39 is 10.0 Å². The van der Waals surface area contributed by atoms with E-state index in [1.54, 1.807) is 18.2 Å². The van der Waals surface area contributed by atoms with Crippen LogP contribution in [0.1, 0.15) is 21.5 Å². The molecule has 0 aliphatic carbocycles. The van der Waals surface area contributed by atoms with Gasteiger partial charge < -0.3 is 15.8 Å². The highest BCUT2D eigenvalue weighted by atomic mass is 35.5. The summed E-state index contributed by atoms with van der Waals surface area (Å²) in [6.45, 7) is 3.84. The Morgan fingerprint density at radius 1 is 0.973 bits per heavy atom. The second-order valence-electron chi connectivity index (χ2n) is 8.19. The van der Waals surface area contributed by atoms with Crippen molar-refractivity contribution in [1.29, 1.82) is 0 Å². The molecule has 0 saturated heterocycles. The zero-order valence-corrected chi connectivity index (χ0v) is 21.8. The van der Waals surface area contributed by atoms with E-state index in [2.05, 4.69) is 20.0 Å². The fourth-order valence-electron chi connectivity index (χ4n) is 3.71. The summed E-state index contributed by atoms with van der Waals surface area (Å²) in [5, 5.41) is 2.78.